The zero-order chi connectivity index (χ0) is 28.9. The van der Waals surface area contributed by atoms with E-state index in [0.717, 1.165) is 32.1 Å². The highest BCUT2D eigenvalue weighted by Gasteiger charge is 2.51. The maximum Gasteiger partial charge on any atom is 0.321 e. The zero-order valence-corrected chi connectivity index (χ0v) is 26.8. The smallest absolute Gasteiger partial charge is 0.321 e. The third-order valence-electron chi connectivity index (χ3n) is 9.14. The van der Waals surface area contributed by atoms with E-state index in [1.165, 1.54) is 116 Å². The van der Waals surface area contributed by atoms with Crippen LogP contribution in [0.5, 0.6) is 0 Å². The van der Waals surface area contributed by atoms with Gasteiger partial charge < -0.3 is 15.0 Å². The van der Waals surface area contributed by atoms with Gasteiger partial charge in [-0.05, 0) is 26.2 Å². The number of morpholine rings is 1. The molecule has 1 N–H and O–H groups in total. The maximum atomic E-state index is 13.6. The number of hydrogen-bond donors (Lipinski definition) is 1. The largest absolute Gasteiger partial charge is 0.378 e. The van der Waals surface area contributed by atoms with Crippen LogP contribution in [-0.2, 0) is 9.53 Å². The summed E-state index contributed by atoms with van der Waals surface area (Å²) in [5.74, 6) is 0.122. The number of unbranched alkanes of at least 4 members (excludes halogenated alkanes) is 19. The molecular weight excluding hydrogens is 498 g/mol. The summed E-state index contributed by atoms with van der Waals surface area (Å²) in [6.45, 7) is 9.12. The van der Waals surface area contributed by atoms with Crippen molar-refractivity contribution >= 4 is 11.9 Å². The highest BCUT2D eigenvalue weighted by atomic mass is 16.5. The van der Waals surface area contributed by atoms with E-state index >= 15 is 0 Å². The minimum Gasteiger partial charge on any atom is -0.378 e. The lowest BCUT2D eigenvalue weighted by Gasteiger charge is -2.54. The van der Waals surface area contributed by atoms with E-state index in [9.17, 15) is 9.59 Å². The fraction of sp³-hybridized carbons (Fsp3) is 0.941. The van der Waals surface area contributed by atoms with E-state index in [-0.39, 0.29) is 18.0 Å². The van der Waals surface area contributed by atoms with Gasteiger partial charge in [0.2, 0.25) is 5.91 Å². The molecule has 234 valence electrons. The van der Waals surface area contributed by atoms with Gasteiger partial charge in [-0.25, -0.2) is 4.79 Å². The highest BCUT2D eigenvalue weighted by molar-refractivity contribution is 5.91. The molecule has 40 heavy (non-hydrogen) atoms. The molecule has 0 bridgehead atoms. The second kappa shape index (κ2) is 21.4. The molecule has 2 aliphatic heterocycles. The molecule has 0 saturated carbocycles. The van der Waals surface area contributed by atoms with Gasteiger partial charge in [0.05, 0.1) is 13.2 Å². The van der Waals surface area contributed by atoms with Crippen LogP contribution in [0.4, 0.5) is 4.79 Å². The summed E-state index contributed by atoms with van der Waals surface area (Å²) < 4.78 is 5.48. The van der Waals surface area contributed by atoms with Gasteiger partial charge in [0.1, 0.15) is 11.7 Å². The first kappa shape index (κ1) is 34.9. The van der Waals surface area contributed by atoms with Gasteiger partial charge in [-0.1, -0.05) is 142 Å². The van der Waals surface area contributed by atoms with E-state index in [4.69, 9.17) is 4.74 Å². The van der Waals surface area contributed by atoms with Gasteiger partial charge in [-0.3, -0.25) is 9.69 Å². The van der Waals surface area contributed by atoms with Crippen molar-refractivity contribution in [3.05, 3.63) is 0 Å². The SMILES string of the molecule is CCCCCCCCCCCCCCCCC1(C)NC(=O)N1C(CCCCCCCCC)C(=O)N1CCOCC1. The van der Waals surface area contributed by atoms with Gasteiger partial charge in [0, 0.05) is 13.1 Å². The monoisotopic (exact) mass is 564 g/mol. The molecule has 0 aromatic rings. The number of urea groups is 1. The molecule has 2 fully saturated rings. The van der Waals surface area contributed by atoms with Crippen LogP contribution in [0.25, 0.3) is 0 Å². The molecule has 2 aliphatic rings. The Bertz CT molecular complexity index is 667. The summed E-state index contributed by atoms with van der Waals surface area (Å²) in [6, 6.07) is -0.415. The van der Waals surface area contributed by atoms with Gasteiger partial charge in [-0.15, -0.1) is 0 Å². The van der Waals surface area contributed by atoms with E-state index in [1.54, 1.807) is 0 Å². The number of carbonyl (C=O) groups is 2. The Balaban J connectivity index is 1.69. The molecule has 6 heteroatoms. The molecule has 3 amide bonds. The predicted octanol–water partition coefficient (Wildman–Crippen LogP) is 8.97. The van der Waals surface area contributed by atoms with E-state index < -0.39 is 5.66 Å². The molecule has 0 aliphatic carbocycles. The van der Waals surface area contributed by atoms with E-state index in [0.29, 0.717) is 26.3 Å². The van der Waals surface area contributed by atoms with Crippen LogP contribution in [0, 0.1) is 0 Å². The number of carbonyl (C=O) groups excluding carboxylic acids is 2. The van der Waals surface area contributed by atoms with Crippen LogP contribution in [-0.4, -0.2) is 59.7 Å². The Morgan fingerprint density at radius 3 is 1.60 bits per heavy atom. The van der Waals surface area contributed by atoms with Crippen molar-refractivity contribution in [1.82, 2.24) is 15.1 Å². The Hall–Kier alpha value is -1.30. The predicted molar refractivity (Wildman–Crippen MR) is 168 cm³/mol. The fourth-order valence-corrected chi connectivity index (χ4v) is 6.51. The molecule has 0 aromatic heterocycles. The summed E-state index contributed by atoms with van der Waals surface area (Å²) in [7, 11) is 0. The van der Waals surface area contributed by atoms with Crippen molar-refractivity contribution in [2.45, 2.75) is 180 Å². The molecule has 6 nitrogen and oxygen atoms in total. The van der Waals surface area contributed by atoms with Gasteiger partial charge in [0.15, 0.2) is 0 Å². The van der Waals surface area contributed by atoms with E-state index in [1.807, 2.05) is 9.80 Å². The summed E-state index contributed by atoms with van der Waals surface area (Å²) in [6.07, 6.45) is 29.0. The number of nitrogens with zero attached hydrogens (tertiary/aromatic N) is 2. The first-order valence-corrected chi connectivity index (χ1v) is 17.5. The zero-order valence-electron chi connectivity index (χ0n) is 26.8. The molecule has 2 atom stereocenters. The summed E-state index contributed by atoms with van der Waals surface area (Å²) in [4.78, 5) is 30.3. The van der Waals surface area contributed by atoms with Crippen LogP contribution in [0.3, 0.4) is 0 Å². The molecule has 0 radical (unpaired) electrons. The lowest BCUT2D eigenvalue weighted by Crippen LogP contribution is -2.78. The average Bonchev–Trinajstić information content (AvgIpc) is 2.96. The van der Waals surface area contributed by atoms with Gasteiger partial charge in [0.25, 0.3) is 0 Å². The van der Waals surface area contributed by atoms with Crippen LogP contribution >= 0.6 is 0 Å². The Kier molecular flexibility index (Phi) is 18.7. The van der Waals surface area contributed by atoms with Crippen molar-refractivity contribution in [2.75, 3.05) is 26.3 Å². The summed E-state index contributed by atoms with van der Waals surface area (Å²) in [5, 5.41) is 3.17. The molecule has 2 unspecified atom stereocenters. The first-order chi connectivity index (χ1) is 19.5. The quantitative estimate of drug-likeness (QED) is 0.113. The lowest BCUT2D eigenvalue weighted by atomic mass is 9.92. The average molecular weight is 564 g/mol. The maximum absolute atomic E-state index is 13.6. The second-order valence-corrected chi connectivity index (χ2v) is 12.8. The van der Waals surface area contributed by atoms with Crippen molar-refractivity contribution in [1.29, 1.82) is 0 Å². The number of rotatable bonds is 25. The lowest BCUT2D eigenvalue weighted by molar-refractivity contribution is -0.145. The molecule has 0 aromatic carbocycles. The summed E-state index contributed by atoms with van der Waals surface area (Å²) in [5.41, 5.74) is -0.401. The molecule has 0 spiro atoms. The topological polar surface area (TPSA) is 61.9 Å². The Labute approximate surface area is 247 Å². The minimum atomic E-state index is -0.401. The molecule has 2 heterocycles. The summed E-state index contributed by atoms with van der Waals surface area (Å²) >= 11 is 0. The number of amides is 3. The van der Waals surface area contributed by atoms with Crippen molar-refractivity contribution in [2.24, 2.45) is 0 Å². The van der Waals surface area contributed by atoms with Crippen molar-refractivity contribution in [3.8, 4) is 0 Å². The highest BCUT2D eigenvalue weighted by Crippen LogP contribution is 2.33. The third-order valence-corrected chi connectivity index (χ3v) is 9.14. The Morgan fingerprint density at radius 1 is 0.725 bits per heavy atom. The van der Waals surface area contributed by atoms with Gasteiger partial charge in [-0.2, -0.15) is 0 Å². The van der Waals surface area contributed by atoms with Crippen LogP contribution in [0.15, 0.2) is 0 Å². The van der Waals surface area contributed by atoms with E-state index in [2.05, 4.69) is 26.1 Å². The standard InChI is InChI=1S/C34H65N3O3/c1-4-6-8-10-12-13-14-15-16-17-18-20-22-24-26-34(3)35-33(39)37(34)31(25-23-21-19-11-9-7-5-2)32(38)36-27-29-40-30-28-36/h31H,4-30H2,1-3H3,(H,35,39). The third kappa shape index (κ3) is 13.1. The van der Waals surface area contributed by atoms with Crippen molar-refractivity contribution < 1.29 is 14.3 Å². The van der Waals surface area contributed by atoms with Crippen LogP contribution in [0.2, 0.25) is 0 Å². The number of nitrogens with one attached hydrogen (secondary N) is 1. The molecular formula is C34H65N3O3. The van der Waals surface area contributed by atoms with Gasteiger partial charge >= 0.3 is 6.03 Å². The first-order valence-electron chi connectivity index (χ1n) is 17.5. The molecule has 2 saturated heterocycles. The van der Waals surface area contributed by atoms with Crippen LogP contribution < -0.4 is 5.32 Å². The second-order valence-electron chi connectivity index (χ2n) is 12.8. The minimum absolute atomic E-state index is 0.0672. The van der Waals surface area contributed by atoms with Crippen LogP contribution in [0.1, 0.15) is 168 Å². The number of ether oxygens (including phenoxy) is 1. The normalized spacial score (nSPS) is 19.9. The van der Waals surface area contributed by atoms with Crippen molar-refractivity contribution in [3.63, 3.8) is 0 Å². The molecule has 2 rings (SSSR count). The number of hydrogen-bond acceptors (Lipinski definition) is 3. The Morgan fingerprint density at radius 2 is 1.15 bits per heavy atom. The fourth-order valence-electron chi connectivity index (χ4n) is 6.51.